The van der Waals surface area contributed by atoms with Gasteiger partial charge in [0.1, 0.15) is 6.04 Å². The first-order valence-electron chi connectivity index (χ1n) is 8.52. The molecule has 0 spiro atoms. The number of rotatable bonds is 7. The van der Waals surface area contributed by atoms with Gasteiger partial charge in [0.25, 0.3) is 0 Å². The van der Waals surface area contributed by atoms with Crippen molar-refractivity contribution in [3.8, 4) is 0 Å². The van der Waals surface area contributed by atoms with Gasteiger partial charge in [-0.1, -0.05) is 13.3 Å². The second-order valence-electron chi connectivity index (χ2n) is 6.38. The highest BCUT2D eigenvalue weighted by Crippen LogP contribution is 2.21. The molecule has 2 unspecified atom stereocenters. The lowest BCUT2D eigenvalue weighted by Crippen LogP contribution is -2.52. The number of hydrogen-bond donors (Lipinski definition) is 2. The van der Waals surface area contributed by atoms with E-state index in [-0.39, 0.29) is 11.7 Å². The summed E-state index contributed by atoms with van der Waals surface area (Å²) in [5, 5.41) is 6.27. The van der Waals surface area contributed by atoms with Gasteiger partial charge in [-0.05, 0) is 51.1 Å². The molecule has 0 saturated carbocycles. The third-order valence-electron chi connectivity index (χ3n) is 4.59. The van der Waals surface area contributed by atoms with Crippen molar-refractivity contribution in [3.63, 3.8) is 0 Å². The monoisotopic (exact) mass is 331 g/mol. The molecule has 0 aromatic rings. The molecule has 7 heteroatoms. The molecule has 2 N–H and O–H groups in total. The van der Waals surface area contributed by atoms with E-state index in [4.69, 9.17) is 0 Å². The number of carbonyl (C=O) groups is 1. The minimum atomic E-state index is -3.31. The summed E-state index contributed by atoms with van der Waals surface area (Å²) in [4.78, 5) is 12.4. The first-order valence-corrected chi connectivity index (χ1v) is 10.1. The Morgan fingerprint density at radius 2 is 2.14 bits per heavy atom. The molecule has 2 saturated heterocycles. The second-order valence-corrected chi connectivity index (χ2v) is 8.42. The fourth-order valence-corrected chi connectivity index (χ4v) is 5.10. The quantitative estimate of drug-likeness (QED) is 0.720. The highest BCUT2D eigenvalue weighted by molar-refractivity contribution is 7.89. The van der Waals surface area contributed by atoms with Crippen LogP contribution in [0.1, 0.15) is 45.4 Å². The second kappa shape index (κ2) is 8.26. The number of sulfonamides is 1. The maximum absolute atomic E-state index is 12.4. The van der Waals surface area contributed by atoms with Gasteiger partial charge in [-0.2, -0.15) is 4.31 Å². The van der Waals surface area contributed by atoms with Crippen molar-refractivity contribution in [1.82, 2.24) is 14.9 Å². The summed E-state index contributed by atoms with van der Waals surface area (Å²) in [6.07, 6.45) is 5.12. The Morgan fingerprint density at radius 1 is 1.32 bits per heavy atom. The van der Waals surface area contributed by atoms with Crippen molar-refractivity contribution in [1.29, 1.82) is 0 Å². The first kappa shape index (κ1) is 17.7. The lowest BCUT2D eigenvalue weighted by molar-refractivity contribution is -0.125. The van der Waals surface area contributed by atoms with Crippen molar-refractivity contribution >= 4 is 15.9 Å². The third-order valence-corrected chi connectivity index (χ3v) is 6.67. The lowest BCUT2D eigenvalue weighted by atomic mass is 10.0. The zero-order valence-corrected chi connectivity index (χ0v) is 14.3. The van der Waals surface area contributed by atoms with Gasteiger partial charge in [-0.15, -0.1) is 0 Å². The van der Waals surface area contributed by atoms with Crippen LogP contribution in [0, 0.1) is 5.92 Å². The van der Waals surface area contributed by atoms with Crippen molar-refractivity contribution in [3.05, 3.63) is 0 Å². The summed E-state index contributed by atoms with van der Waals surface area (Å²) in [6, 6.07) is -0.507. The average molecular weight is 331 g/mol. The van der Waals surface area contributed by atoms with Crippen LogP contribution in [0.5, 0.6) is 0 Å². The Labute approximate surface area is 134 Å². The predicted octanol–water partition coefficient (Wildman–Crippen LogP) is 0.697. The molecule has 6 nitrogen and oxygen atoms in total. The fourth-order valence-electron chi connectivity index (χ4n) is 3.35. The number of amides is 1. The van der Waals surface area contributed by atoms with Crippen LogP contribution in [0.2, 0.25) is 0 Å². The van der Waals surface area contributed by atoms with Crippen molar-refractivity contribution < 1.29 is 13.2 Å². The van der Waals surface area contributed by atoms with E-state index in [2.05, 4.69) is 10.6 Å². The molecule has 2 aliphatic rings. The van der Waals surface area contributed by atoms with Crippen molar-refractivity contribution in [2.45, 2.75) is 51.5 Å². The number of carbonyl (C=O) groups excluding carboxylic acids is 1. The molecule has 0 aromatic heterocycles. The first-order chi connectivity index (χ1) is 10.5. The van der Waals surface area contributed by atoms with Gasteiger partial charge in [-0.25, -0.2) is 8.42 Å². The molecule has 0 aliphatic carbocycles. The predicted molar refractivity (Wildman–Crippen MR) is 87.0 cm³/mol. The largest absolute Gasteiger partial charge is 0.355 e. The number of piperidine rings is 1. The summed E-state index contributed by atoms with van der Waals surface area (Å²) in [6.45, 7) is 5.06. The maximum Gasteiger partial charge on any atom is 0.238 e. The minimum absolute atomic E-state index is 0.120. The molecule has 0 aromatic carbocycles. The van der Waals surface area contributed by atoms with E-state index < -0.39 is 16.1 Å². The summed E-state index contributed by atoms with van der Waals surface area (Å²) >= 11 is 0. The standard InChI is InChI=1S/C15H29N3O3S/c1-2-11-22(20,21)18-10-4-3-5-14(18)15(19)17-9-7-13-6-8-16-12-13/h13-14,16H,2-12H2,1H3,(H,17,19). The van der Waals surface area contributed by atoms with Crippen LogP contribution in [0.25, 0.3) is 0 Å². The number of nitrogens with zero attached hydrogens (tertiary/aromatic N) is 1. The lowest BCUT2D eigenvalue weighted by Gasteiger charge is -2.33. The SMILES string of the molecule is CCCS(=O)(=O)N1CCCCC1C(=O)NCCC1CCNC1. The maximum atomic E-state index is 12.4. The Bertz CT molecular complexity index is 461. The van der Waals surface area contributed by atoms with Gasteiger partial charge >= 0.3 is 0 Å². The van der Waals surface area contributed by atoms with Gasteiger partial charge in [-0.3, -0.25) is 4.79 Å². The van der Waals surface area contributed by atoms with Crippen LogP contribution >= 0.6 is 0 Å². The van der Waals surface area contributed by atoms with Crippen LogP contribution in [0.15, 0.2) is 0 Å². The van der Waals surface area contributed by atoms with E-state index in [1.807, 2.05) is 6.92 Å². The van der Waals surface area contributed by atoms with Gasteiger partial charge < -0.3 is 10.6 Å². The Balaban J connectivity index is 1.87. The molecule has 0 radical (unpaired) electrons. The van der Waals surface area contributed by atoms with Gasteiger partial charge in [0.05, 0.1) is 5.75 Å². The molecular weight excluding hydrogens is 302 g/mol. The number of hydrogen-bond acceptors (Lipinski definition) is 4. The molecule has 2 fully saturated rings. The summed E-state index contributed by atoms with van der Waals surface area (Å²) in [5.74, 6) is 0.641. The van der Waals surface area contributed by atoms with E-state index >= 15 is 0 Å². The third kappa shape index (κ3) is 4.67. The van der Waals surface area contributed by atoms with E-state index in [0.29, 0.717) is 31.8 Å². The normalized spacial score (nSPS) is 27.0. The smallest absolute Gasteiger partial charge is 0.238 e. The topological polar surface area (TPSA) is 78.5 Å². The van der Waals surface area contributed by atoms with E-state index in [1.165, 1.54) is 4.31 Å². The van der Waals surface area contributed by atoms with Crippen molar-refractivity contribution in [2.75, 3.05) is 31.9 Å². The number of nitrogens with one attached hydrogen (secondary N) is 2. The summed E-state index contributed by atoms with van der Waals surface area (Å²) < 4.78 is 26.1. The van der Waals surface area contributed by atoms with Crippen LogP contribution in [-0.4, -0.2) is 56.6 Å². The zero-order valence-electron chi connectivity index (χ0n) is 13.5. The van der Waals surface area contributed by atoms with Crippen LogP contribution in [0.4, 0.5) is 0 Å². The highest BCUT2D eigenvalue weighted by atomic mass is 32.2. The van der Waals surface area contributed by atoms with Gasteiger partial charge in [0, 0.05) is 13.1 Å². The zero-order chi connectivity index (χ0) is 16.0. The van der Waals surface area contributed by atoms with Crippen LogP contribution < -0.4 is 10.6 Å². The Kier molecular flexibility index (Phi) is 6.65. The molecular formula is C15H29N3O3S. The molecule has 22 heavy (non-hydrogen) atoms. The van der Waals surface area contributed by atoms with Crippen LogP contribution in [-0.2, 0) is 14.8 Å². The molecule has 0 bridgehead atoms. The molecule has 2 atom stereocenters. The summed E-state index contributed by atoms with van der Waals surface area (Å²) in [5.41, 5.74) is 0. The van der Waals surface area contributed by atoms with Gasteiger partial charge in [0.15, 0.2) is 0 Å². The highest BCUT2D eigenvalue weighted by Gasteiger charge is 2.35. The van der Waals surface area contributed by atoms with E-state index in [0.717, 1.165) is 38.8 Å². The molecule has 2 rings (SSSR count). The minimum Gasteiger partial charge on any atom is -0.355 e. The van der Waals surface area contributed by atoms with Crippen LogP contribution in [0.3, 0.4) is 0 Å². The Morgan fingerprint density at radius 3 is 2.82 bits per heavy atom. The molecule has 2 heterocycles. The molecule has 128 valence electrons. The molecule has 2 aliphatic heterocycles. The fraction of sp³-hybridized carbons (Fsp3) is 0.933. The van der Waals surface area contributed by atoms with Gasteiger partial charge in [0.2, 0.25) is 15.9 Å². The summed E-state index contributed by atoms with van der Waals surface area (Å²) in [7, 11) is -3.31. The van der Waals surface area contributed by atoms with Crippen molar-refractivity contribution in [2.24, 2.45) is 5.92 Å². The molecule has 1 amide bonds. The Hall–Kier alpha value is -0.660. The average Bonchev–Trinajstić information content (AvgIpc) is 3.00. The van der Waals surface area contributed by atoms with E-state index in [9.17, 15) is 13.2 Å². The van der Waals surface area contributed by atoms with E-state index in [1.54, 1.807) is 0 Å².